The van der Waals surface area contributed by atoms with E-state index < -0.39 is 6.10 Å². The summed E-state index contributed by atoms with van der Waals surface area (Å²) < 4.78 is 5.45. The number of hydrogen-bond acceptors (Lipinski definition) is 2. The molecule has 0 fully saturated rings. The van der Waals surface area contributed by atoms with E-state index >= 15 is 0 Å². The molecule has 0 aliphatic heterocycles. The van der Waals surface area contributed by atoms with Crippen LogP contribution in [0.1, 0.15) is 24.2 Å². The second-order valence-electron chi connectivity index (χ2n) is 3.52. The normalized spacial score (nSPS) is 12.3. The van der Waals surface area contributed by atoms with E-state index in [9.17, 15) is 5.11 Å². The number of rotatable bonds is 4. The van der Waals surface area contributed by atoms with Crippen LogP contribution in [-0.2, 0) is 0 Å². The zero-order valence-corrected chi connectivity index (χ0v) is 9.71. The largest absolute Gasteiger partial charge is 0.488 e. The zero-order valence-electron chi connectivity index (χ0n) is 8.96. The average molecular weight is 227 g/mol. The summed E-state index contributed by atoms with van der Waals surface area (Å²) in [7, 11) is 0. The molecular formula is C12H15ClO2. The molecule has 3 heteroatoms. The summed E-state index contributed by atoms with van der Waals surface area (Å²) in [6, 6.07) is 5.67. The Balaban J connectivity index is 2.91. The van der Waals surface area contributed by atoms with Crippen molar-refractivity contribution < 1.29 is 9.84 Å². The summed E-state index contributed by atoms with van der Waals surface area (Å²) in [5, 5.41) is 9.96. The van der Waals surface area contributed by atoms with Gasteiger partial charge in [0, 0.05) is 10.6 Å². The van der Waals surface area contributed by atoms with Gasteiger partial charge < -0.3 is 9.84 Å². The number of aryl methyl sites for hydroxylation is 1. The maximum absolute atomic E-state index is 9.53. The number of aliphatic hydroxyl groups is 1. The van der Waals surface area contributed by atoms with Gasteiger partial charge in [-0.3, -0.25) is 0 Å². The molecule has 1 aromatic carbocycles. The SMILES string of the molecule is C=C(Cl)COc1cc(C)ccc1C(C)O. The number of aliphatic hydroxyl groups excluding tert-OH is 1. The first-order chi connectivity index (χ1) is 7.00. The van der Waals surface area contributed by atoms with Gasteiger partial charge in [0.25, 0.3) is 0 Å². The molecule has 0 heterocycles. The first-order valence-corrected chi connectivity index (χ1v) is 5.13. The van der Waals surface area contributed by atoms with Gasteiger partial charge in [0.2, 0.25) is 0 Å². The molecule has 0 aliphatic carbocycles. The lowest BCUT2D eigenvalue weighted by Gasteiger charge is -2.13. The van der Waals surface area contributed by atoms with E-state index in [1.807, 2.05) is 25.1 Å². The number of hydrogen-bond donors (Lipinski definition) is 1. The van der Waals surface area contributed by atoms with Crippen LogP contribution >= 0.6 is 11.6 Å². The highest BCUT2D eigenvalue weighted by molar-refractivity contribution is 6.29. The van der Waals surface area contributed by atoms with Crippen LogP contribution in [0.4, 0.5) is 0 Å². The molecule has 0 aromatic heterocycles. The number of halogens is 1. The Bertz CT molecular complexity index is 359. The fourth-order valence-corrected chi connectivity index (χ4v) is 1.32. The van der Waals surface area contributed by atoms with Crippen molar-refractivity contribution in [3.63, 3.8) is 0 Å². The van der Waals surface area contributed by atoms with Gasteiger partial charge in [0.15, 0.2) is 0 Å². The summed E-state index contributed by atoms with van der Waals surface area (Å²) in [6.45, 7) is 7.47. The smallest absolute Gasteiger partial charge is 0.125 e. The van der Waals surface area contributed by atoms with E-state index in [-0.39, 0.29) is 6.61 Å². The van der Waals surface area contributed by atoms with Gasteiger partial charge in [-0.1, -0.05) is 30.3 Å². The Morgan fingerprint density at radius 1 is 1.60 bits per heavy atom. The second kappa shape index (κ2) is 5.19. The molecule has 82 valence electrons. The molecule has 1 rings (SSSR count). The van der Waals surface area contributed by atoms with Crippen LogP contribution in [0.15, 0.2) is 29.8 Å². The monoisotopic (exact) mass is 226 g/mol. The lowest BCUT2D eigenvalue weighted by Crippen LogP contribution is -2.02. The number of ether oxygens (including phenoxy) is 1. The maximum atomic E-state index is 9.53. The predicted octanol–water partition coefficient (Wildman–Crippen LogP) is 3.18. The fourth-order valence-electron chi connectivity index (χ4n) is 1.27. The summed E-state index contributed by atoms with van der Waals surface area (Å²) in [4.78, 5) is 0. The predicted molar refractivity (Wildman–Crippen MR) is 62.3 cm³/mol. The fraction of sp³-hybridized carbons (Fsp3) is 0.333. The van der Waals surface area contributed by atoms with Crippen molar-refractivity contribution in [3.8, 4) is 5.75 Å². The van der Waals surface area contributed by atoms with Crippen LogP contribution in [0.25, 0.3) is 0 Å². The Morgan fingerprint density at radius 3 is 2.80 bits per heavy atom. The van der Waals surface area contributed by atoms with Crippen LogP contribution in [-0.4, -0.2) is 11.7 Å². The standard InChI is InChI=1S/C12H15ClO2/c1-8-4-5-11(10(3)14)12(6-8)15-7-9(2)13/h4-6,10,14H,2,7H2,1,3H3. The molecule has 0 aliphatic rings. The summed E-state index contributed by atoms with van der Waals surface area (Å²) in [6.07, 6.45) is -0.552. The molecule has 1 aromatic rings. The Kier molecular flexibility index (Phi) is 4.18. The molecule has 1 atom stereocenters. The van der Waals surface area contributed by atoms with E-state index in [0.29, 0.717) is 10.8 Å². The molecular weight excluding hydrogens is 212 g/mol. The summed E-state index contributed by atoms with van der Waals surface area (Å²) in [5.41, 5.74) is 1.84. The minimum atomic E-state index is -0.552. The molecule has 15 heavy (non-hydrogen) atoms. The minimum Gasteiger partial charge on any atom is -0.488 e. The summed E-state index contributed by atoms with van der Waals surface area (Å²) in [5.74, 6) is 0.659. The molecule has 0 saturated heterocycles. The van der Waals surface area contributed by atoms with Gasteiger partial charge in [-0.05, 0) is 25.5 Å². The van der Waals surface area contributed by atoms with Crippen LogP contribution in [0.3, 0.4) is 0 Å². The minimum absolute atomic E-state index is 0.255. The molecule has 0 saturated carbocycles. The van der Waals surface area contributed by atoms with E-state index in [1.54, 1.807) is 6.92 Å². The average Bonchev–Trinajstić information content (AvgIpc) is 2.14. The lowest BCUT2D eigenvalue weighted by atomic mass is 10.1. The van der Waals surface area contributed by atoms with Gasteiger partial charge in [-0.15, -0.1) is 0 Å². The van der Waals surface area contributed by atoms with Crippen LogP contribution < -0.4 is 4.74 Å². The molecule has 0 spiro atoms. The molecule has 0 radical (unpaired) electrons. The zero-order chi connectivity index (χ0) is 11.4. The van der Waals surface area contributed by atoms with Crippen LogP contribution in [0.2, 0.25) is 0 Å². The van der Waals surface area contributed by atoms with E-state index in [1.165, 1.54) is 0 Å². The van der Waals surface area contributed by atoms with Crippen LogP contribution in [0.5, 0.6) is 5.75 Å². The van der Waals surface area contributed by atoms with Gasteiger partial charge in [0.1, 0.15) is 12.4 Å². The molecule has 0 bridgehead atoms. The third kappa shape index (κ3) is 3.57. The van der Waals surface area contributed by atoms with E-state index in [2.05, 4.69) is 6.58 Å². The topological polar surface area (TPSA) is 29.5 Å². The third-order valence-electron chi connectivity index (χ3n) is 2.00. The highest BCUT2D eigenvalue weighted by Crippen LogP contribution is 2.26. The van der Waals surface area contributed by atoms with Crippen molar-refractivity contribution in [3.05, 3.63) is 40.9 Å². The maximum Gasteiger partial charge on any atom is 0.125 e. The lowest BCUT2D eigenvalue weighted by molar-refractivity contribution is 0.193. The molecule has 0 amide bonds. The van der Waals surface area contributed by atoms with E-state index in [0.717, 1.165) is 11.1 Å². The molecule has 2 nitrogen and oxygen atoms in total. The van der Waals surface area contributed by atoms with Gasteiger partial charge >= 0.3 is 0 Å². The molecule has 1 unspecified atom stereocenters. The van der Waals surface area contributed by atoms with Crippen molar-refractivity contribution in [2.24, 2.45) is 0 Å². The quantitative estimate of drug-likeness (QED) is 0.855. The van der Waals surface area contributed by atoms with Crippen LogP contribution in [0, 0.1) is 6.92 Å². The summed E-state index contributed by atoms with van der Waals surface area (Å²) >= 11 is 5.62. The van der Waals surface area contributed by atoms with E-state index in [4.69, 9.17) is 16.3 Å². The van der Waals surface area contributed by atoms with Crippen molar-refractivity contribution in [2.45, 2.75) is 20.0 Å². The Hall–Kier alpha value is -0.990. The van der Waals surface area contributed by atoms with Gasteiger partial charge in [0.05, 0.1) is 6.10 Å². The third-order valence-corrected chi connectivity index (χ3v) is 2.11. The number of benzene rings is 1. The Morgan fingerprint density at radius 2 is 2.27 bits per heavy atom. The highest BCUT2D eigenvalue weighted by atomic mass is 35.5. The van der Waals surface area contributed by atoms with Crippen molar-refractivity contribution >= 4 is 11.6 Å². The Labute approximate surface area is 95.1 Å². The second-order valence-corrected chi connectivity index (χ2v) is 4.06. The first-order valence-electron chi connectivity index (χ1n) is 4.75. The molecule has 1 N–H and O–H groups in total. The van der Waals surface area contributed by atoms with Crippen molar-refractivity contribution in [1.29, 1.82) is 0 Å². The first kappa shape index (κ1) is 12.1. The van der Waals surface area contributed by atoms with Gasteiger partial charge in [-0.25, -0.2) is 0 Å². The highest BCUT2D eigenvalue weighted by Gasteiger charge is 2.09. The van der Waals surface area contributed by atoms with Gasteiger partial charge in [-0.2, -0.15) is 0 Å². The van der Waals surface area contributed by atoms with Crippen molar-refractivity contribution in [2.75, 3.05) is 6.61 Å². The van der Waals surface area contributed by atoms with Crippen molar-refractivity contribution in [1.82, 2.24) is 0 Å².